The number of hydrogen-bond acceptors (Lipinski definition) is 6. The van der Waals surface area contributed by atoms with Gasteiger partial charge in [-0.15, -0.1) is 0 Å². The third-order valence-electron chi connectivity index (χ3n) is 4.61. The maximum Gasteiger partial charge on any atom is 0.357 e. The molecule has 0 aliphatic heterocycles. The molecule has 0 radical (unpaired) electrons. The predicted octanol–water partition coefficient (Wildman–Crippen LogP) is 4.43. The molecule has 0 saturated heterocycles. The van der Waals surface area contributed by atoms with Gasteiger partial charge in [0.15, 0.2) is 5.69 Å². The lowest BCUT2D eigenvalue weighted by atomic mass is 10.0. The fourth-order valence-electron chi connectivity index (χ4n) is 3.08. The molecular formula is C23H23FN2O5. The fraction of sp³-hybridized carbons (Fsp3) is 0.261. The third kappa shape index (κ3) is 4.58. The van der Waals surface area contributed by atoms with Crippen LogP contribution >= 0.6 is 0 Å². The molecule has 1 aromatic heterocycles. The van der Waals surface area contributed by atoms with E-state index in [1.807, 2.05) is 6.92 Å². The van der Waals surface area contributed by atoms with Gasteiger partial charge >= 0.3 is 11.9 Å². The summed E-state index contributed by atoms with van der Waals surface area (Å²) in [6, 6.07) is 12.7. The highest BCUT2D eigenvalue weighted by atomic mass is 19.1. The van der Waals surface area contributed by atoms with Gasteiger partial charge in [-0.3, -0.25) is 0 Å². The van der Waals surface area contributed by atoms with Crippen molar-refractivity contribution in [1.29, 1.82) is 0 Å². The van der Waals surface area contributed by atoms with Gasteiger partial charge < -0.3 is 14.2 Å². The molecule has 162 valence electrons. The maximum atomic E-state index is 14.2. The first-order valence-corrected chi connectivity index (χ1v) is 9.79. The van der Waals surface area contributed by atoms with Gasteiger partial charge in [0, 0.05) is 5.56 Å². The van der Waals surface area contributed by atoms with E-state index < -0.39 is 17.8 Å². The first kappa shape index (κ1) is 22.0. The summed E-state index contributed by atoms with van der Waals surface area (Å²) in [7, 11) is 2.39. The Bertz CT molecular complexity index is 1080. The van der Waals surface area contributed by atoms with Crippen LogP contribution in [-0.2, 0) is 9.47 Å². The number of para-hydroxylation sites is 1. The molecule has 0 aliphatic carbocycles. The van der Waals surface area contributed by atoms with Crippen molar-refractivity contribution in [2.24, 2.45) is 0 Å². The van der Waals surface area contributed by atoms with Gasteiger partial charge in [0.25, 0.3) is 0 Å². The Morgan fingerprint density at radius 2 is 1.74 bits per heavy atom. The Morgan fingerprint density at radius 1 is 1.03 bits per heavy atom. The molecule has 0 bridgehead atoms. The van der Waals surface area contributed by atoms with Crippen molar-refractivity contribution >= 4 is 11.9 Å². The van der Waals surface area contributed by atoms with E-state index in [-0.39, 0.29) is 22.5 Å². The smallest absolute Gasteiger partial charge is 0.357 e. The number of benzene rings is 2. The molecular weight excluding hydrogens is 403 g/mol. The maximum absolute atomic E-state index is 14.2. The van der Waals surface area contributed by atoms with E-state index in [9.17, 15) is 14.0 Å². The Hall–Kier alpha value is -3.68. The highest BCUT2D eigenvalue weighted by Gasteiger charge is 2.32. The fourth-order valence-corrected chi connectivity index (χ4v) is 3.08. The predicted molar refractivity (Wildman–Crippen MR) is 112 cm³/mol. The number of methoxy groups -OCH3 is 2. The average Bonchev–Trinajstić information content (AvgIpc) is 3.20. The minimum Gasteiger partial charge on any atom is -0.493 e. The van der Waals surface area contributed by atoms with Crippen molar-refractivity contribution in [3.8, 4) is 22.7 Å². The molecule has 3 rings (SSSR count). The van der Waals surface area contributed by atoms with Crippen LogP contribution in [0.3, 0.4) is 0 Å². The Morgan fingerprint density at radius 3 is 2.39 bits per heavy atom. The van der Waals surface area contributed by atoms with E-state index in [2.05, 4.69) is 5.10 Å². The highest BCUT2D eigenvalue weighted by molar-refractivity contribution is 6.07. The van der Waals surface area contributed by atoms with Crippen molar-refractivity contribution < 1.29 is 28.2 Å². The van der Waals surface area contributed by atoms with Crippen molar-refractivity contribution in [1.82, 2.24) is 9.78 Å². The van der Waals surface area contributed by atoms with E-state index in [1.165, 1.54) is 37.1 Å². The zero-order valence-electron chi connectivity index (χ0n) is 17.6. The summed E-state index contributed by atoms with van der Waals surface area (Å²) >= 11 is 0. The lowest BCUT2D eigenvalue weighted by Crippen LogP contribution is -2.15. The number of esters is 2. The quantitative estimate of drug-likeness (QED) is 0.392. The molecule has 0 N–H and O–H groups in total. The Kier molecular flexibility index (Phi) is 7.02. The van der Waals surface area contributed by atoms with Gasteiger partial charge in [-0.25, -0.2) is 18.7 Å². The lowest BCUT2D eigenvalue weighted by molar-refractivity contribution is 0.0549. The number of carbonyl (C=O) groups excluding carboxylic acids is 2. The van der Waals surface area contributed by atoms with E-state index in [4.69, 9.17) is 14.2 Å². The molecule has 1 heterocycles. The molecule has 2 aromatic carbocycles. The number of rotatable bonds is 8. The normalized spacial score (nSPS) is 10.6. The minimum atomic E-state index is -0.804. The van der Waals surface area contributed by atoms with E-state index in [0.717, 1.165) is 12.8 Å². The molecule has 0 atom stereocenters. The minimum absolute atomic E-state index is 0.0575. The lowest BCUT2D eigenvalue weighted by Gasteiger charge is -2.11. The van der Waals surface area contributed by atoms with Crippen LogP contribution in [0, 0.1) is 5.82 Å². The van der Waals surface area contributed by atoms with Gasteiger partial charge in [0.1, 0.15) is 22.8 Å². The highest BCUT2D eigenvalue weighted by Crippen LogP contribution is 2.35. The first-order valence-electron chi connectivity index (χ1n) is 9.79. The first-order chi connectivity index (χ1) is 15.0. The zero-order valence-corrected chi connectivity index (χ0v) is 17.6. The molecule has 3 aromatic rings. The summed E-state index contributed by atoms with van der Waals surface area (Å²) in [5.74, 6) is -1.79. The molecule has 0 amide bonds. The van der Waals surface area contributed by atoms with Crippen molar-refractivity contribution in [2.45, 2.75) is 19.8 Å². The summed E-state index contributed by atoms with van der Waals surface area (Å²) in [5.41, 5.74) is 0.547. The van der Waals surface area contributed by atoms with Crippen molar-refractivity contribution in [3.63, 3.8) is 0 Å². The van der Waals surface area contributed by atoms with Crippen LogP contribution < -0.4 is 4.74 Å². The zero-order chi connectivity index (χ0) is 22.4. The second-order valence-electron chi connectivity index (χ2n) is 6.65. The monoisotopic (exact) mass is 426 g/mol. The molecule has 0 fully saturated rings. The molecule has 0 spiro atoms. The third-order valence-corrected chi connectivity index (χ3v) is 4.61. The number of nitrogens with zero attached hydrogens (tertiary/aromatic N) is 2. The van der Waals surface area contributed by atoms with Gasteiger partial charge in [-0.2, -0.15) is 5.10 Å². The molecule has 0 aliphatic rings. The number of aromatic nitrogens is 2. The van der Waals surface area contributed by atoms with Crippen molar-refractivity contribution in [2.75, 3.05) is 20.8 Å². The van der Waals surface area contributed by atoms with Crippen LogP contribution in [-0.4, -0.2) is 42.5 Å². The van der Waals surface area contributed by atoms with Crippen LogP contribution in [0.1, 0.15) is 40.6 Å². The van der Waals surface area contributed by atoms with E-state index in [1.54, 1.807) is 30.3 Å². The molecule has 8 heteroatoms. The van der Waals surface area contributed by atoms with Gasteiger partial charge in [-0.1, -0.05) is 31.5 Å². The second kappa shape index (κ2) is 9.88. The number of hydrogen-bond donors (Lipinski definition) is 0. The SMILES string of the molecule is CCCCOc1ccc(F)cc1-c1nn(-c2ccccc2)c(C(=O)OC)c1C(=O)OC. The summed E-state index contributed by atoms with van der Waals surface area (Å²) in [5, 5.41) is 4.49. The summed E-state index contributed by atoms with van der Waals surface area (Å²) in [6.07, 6.45) is 1.71. The van der Waals surface area contributed by atoms with Crippen LogP contribution in [0.15, 0.2) is 48.5 Å². The van der Waals surface area contributed by atoms with E-state index >= 15 is 0 Å². The summed E-state index contributed by atoms with van der Waals surface area (Å²) < 4.78 is 31.1. The van der Waals surface area contributed by atoms with Crippen LogP contribution in [0.25, 0.3) is 16.9 Å². The van der Waals surface area contributed by atoms with Gasteiger partial charge in [-0.05, 0) is 36.8 Å². The Labute approximate surface area is 179 Å². The largest absolute Gasteiger partial charge is 0.493 e. The molecule has 31 heavy (non-hydrogen) atoms. The van der Waals surface area contributed by atoms with Crippen LogP contribution in [0.5, 0.6) is 5.75 Å². The van der Waals surface area contributed by atoms with Crippen LogP contribution in [0.4, 0.5) is 4.39 Å². The van der Waals surface area contributed by atoms with Gasteiger partial charge in [0.05, 0.1) is 26.5 Å². The van der Waals surface area contributed by atoms with Crippen molar-refractivity contribution in [3.05, 3.63) is 65.6 Å². The average molecular weight is 426 g/mol. The summed E-state index contributed by atoms with van der Waals surface area (Å²) in [6.45, 7) is 2.43. The number of ether oxygens (including phenoxy) is 3. The topological polar surface area (TPSA) is 79.7 Å². The molecule has 0 saturated carbocycles. The number of carbonyl (C=O) groups is 2. The van der Waals surface area contributed by atoms with Gasteiger partial charge in [0.2, 0.25) is 0 Å². The van der Waals surface area contributed by atoms with E-state index in [0.29, 0.717) is 18.0 Å². The molecule has 0 unspecified atom stereocenters. The molecule has 7 nitrogen and oxygen atoms in total. The van der Waals surface area contributed by atoms with Crippen LogP contribution in [0.2, 0.25) is 0 Å². The standard InChI is InChI=1S/C23H23FN2O5/c1-4-5-13-31-18-12-11-15(24)14-17(18)20-19(22(27)29-2)21(23(28)30-3)26(25-20)16-9-7-6-8-10-16/h6-12,14H,4-5,13H2,1-3H3. The summed E-state index contributed by atoms with van der Waals surface area (Å²) in [4.78, 5) is 25.4. The number of halogens is 1. The number of unbranched alkanes of at least 4 members (excludes halogenated alkanes) is 1. The second-order valence-corrected chi connectivity index (χ2v) is 6.65. The Balaban J connectivity index is 2.31.